The zero-order chi connectivity index (χ0) is 22.1. The van der Waals surface area contributed by atoms with Gasteiger partial charge >= 0.3 is 0 Å². The predicted molar refractivity (Wildman–Crippen MR) is 116 cm³/mol. The second kappa shape index (κ2) is 10.5. The van der Waals surface area contributed by atoms with Gasteiger partial charge in [0, 0.05) is 42.3 Å². The highest BCUT2D eigenvalue weighted by molar-refractivity contribution is 6.05. The van der Waals surface area contributed by atoms with Crippen molar-refractivity contribution in [2.45, 2.75) is 0 Å². The van der Waals surface area contributed by atoms with Crippen molar-refractivity contribution in [2.24, 2.45) is 0 Å². The molecule has 0 spiro atoms. The highest BCUT2D eigenvalue weighted by Crippen LogP contribution is 2.13. The Morgan fingerprint density at radius 3 is 2.13 bits per heavy atom. The van der Waals surface area contributed by atoms with Crippen molar-refractivity contribution in [3.63, 3.8) is 0 Å². The summed E-state index contributed by atoms with van der Waals surface area (Å²) in [6.45, 7) is 0.529. The van der Waals surface area contributed by atoms with E-state index in [4.69, 9.17) is 4.74 Å². The van der Waals surface area contributed by atoms with E-state index in [1.54, 1.807) is 74.0 Å². The van der Waals surface area contributed by atoms with Crippen LogP contribution in [-0.2, 0) is 0 Å². The fourth-order valence-corrected chi connectivity index (χ4v) is 2.74. The number of pyridine rings is 1. The van der Waals surface area contributed by atoms with Gasteiger partial charge in [-0.25, -0.2) is 0 Å². The van der Waals surface area contributed by atoms with Gasteiger partial charge in [-0.3, -0.25) is 19.4 Å². The molecule has 3 rings (SSSR count). The number of hydrogen-bond donors (Lipinski definition) is 3. The predicted octanol–water partition coefficient (Wildman–Crippen LogP) is 2.50. The molecule has 3 amide bonds. The molecule has 0 unspecified atom stereocenters. The molecule has 1 heterocycles. The van der Waals surface area contributed by atoms with E-state index in [0.717, 1.165) is 0 Å². The third-order valence-electron chi connectivity index (χ3n) is 4.35. The van der Waals surface area contributed by atoms with Crippen LogP contribution in [0.15, 0.2) is 73.1 Å². The molecule has 2 aromatic carbocycles. The van der Waals surface area contributed by atoms with Gasteiger partial charge in [0.15, 0.2) is 0 Å². The van der Waals surface area contributed by atoms with Gasteiger partial charge in [-0.15, -0.1) is 0 Å². The van der Waals surface area contributed by atoms with E-state index < -0.39 is 0 Å². The van der Waals surface area contributed by atoms with Gasteiger partial charge in [0.05, 0.1) is 12.7 Å². The SMILES string of the molecule is COc1ccc(C(=O)NCCNC(=O)c2cccc(NC(=O)c3cccnc3)c2)cc1. The van der Waals surface area contributed by atoms with Crippen molar-refractivity contribution in [1.82, 2.24) is 15.6 Å². The number of benzene rings is 2. The third-order valence-corrected chi connectivity index (χ3v) is 4.35. The van der Waals surface area contributed by atoms with Crippen molar-refractivity contribution in [3.8, 4) is 5.75 Å². The zero-order valence-corrected chi connectivity index (χ0v) is 16.9. The maximum Gasteiger partial charge on any atom is 0.257 e. The molecule has 0 saturated heterocycles. The fourth-order valence-electron chi connectivity index (χ4n) is 2.74. The van der Waals surface area contributed by atoms with Crippen molar-refractivity contribution >= 4 is 23.4 Å². The quantitative estimate of drug-likeness (QED) is 0.487. The van der Waals surface area contributed by atoms with Crippen LogP contribution in [0.25, 0.3) is 0 Å². The molecule has 0 saturated carbocycles. The van der Waals surface area contributed by atoms with Gasteiger partial charge in [0.2, 0.25) is 0 Å². The molecule has 8 nitrogen and oxygen atoms in total. The molecule has 31 heavy (non-hydrogen) atoms. The Balaban J connectivity index is 1.47. The first-order valence-electron chi connectivity index (χ1n) is 9.59. The molecule has 158 valence electrons. The van der Waals surface area contributed by atoms with Gasteiger partial charge in [-0.1, -0.05) is 6.07 Å². The number of amides is 3. The maximum atomic E-state index is 12.4. The largest absolute Gasteiger partial charge is 0.497 e. The Labute approximate surface area is 179 Å². The molecule has 0 aliphatic carbocycles. The molecular weight excluding hydrogens is 396 g/mol. The Morgan fingerprint density at radius 1 is 0.806 bits per heavy atom. The summed E-state index contributed by atoms with van der Waals surface area (Å²) in [5.74, 6) is -0.192. The molecule has 1 aromatic heterocycles. The van der Waals surface area contributed by atoms with E-state index in [0.29, 0.717) is 28.1 Å². The minimum atomic E-state index is -0.313. The van der Waals surface area contributed by atoms with Crippen LogP contribution in [0.4, 0.5) is 5.69 Å². The summed E-state index contributed by atoms with van der Waals surface area (Å²) < 4.78 is 5.06. The van der Waals surface area contributed by atoms with Gasteiger partial charge in [0.25, 0.3) is 17.7 Å². The van der Waals surface area contributed by atoms with Gasteiger partial charge in [-0.05, 0) is 54.6 Å². The topological polar surface area (TPSA) is 109 Å². The number of ether oxygens (including phenoxy) is 1. The number of carbonyl (C=O) groups excluding carboxylic acids is 3. The highest BCUT2D eigenvalue weighted by atomic mass is 16.5. The Kier molecular flexibility index (Phi) is 7.31. The lowest BCUT2D eigenvalue weighted by Crippen LogP contribution is -2.34. The number of aromatic nitrogens is 1. The van der Waals surface area contributed by atoms with Crippen molar-refractivity contribution in [1.29, 1.82) is 0 Å². The summed E-state index contributed by atoms with van der Waals surface area (Å²) in [7, 11) is 1.56. The number of methoxy groups -OCH3 is 1. The van der Waals surface area contributed by atoms with Crippen LogP contribution < -0.4 is 20.7 Å². The second-order valence-electron chi connectivity index (χ2n) is 6.52. The number of carbonyl (C=O) groups is 3. The Morgan fingerprint density at radius 2 is 1.48 bits per heavy atom. The number of hydrogen-bond acceptors (Lipinski definition) is 5. The van der Waals surface area contributed by atoms with Crippen LogP contribution in [0, 0.1) is 0 Å². The van der Waals surface area contributed by atoms with Crippen molar-refractivity contribution in [2.75, 3.05) is 25.5 Å². The standard InChI is InChI=1S/C23H22N4O4/c1-31-20-9-7-16(8-10-20)21(28)25-12-13-26-22(29)17-4-2-6-19(14-17)27-23(30)18-5-3-11-24-15-18/h2-11,14-15H,12-13H2,1H3,(H,25,28)(H,26,29)(H,27,30). The van der Waals surface area contributed by atoms with Gasteiger partial charge < -0.3 is 20.7 Å². The second-order valence-corrected chi connectivity index (χ2v) is 6.52. The van der Waals surface area contributed by atoms with Crippen molar-refractivity contribution < 1.29 is 19.1 Å². The lowest BCUT2D eigenvalue weighted by atomic mass is 10.1. The summed E-state index contributed by atoms with van der Waals surface area (Å²) in [5.41, 5.74) is 1.81. The summed E-state index contributed by atoms with van der Waals surface area (Å²) in [6.07, 6.45) is 3.05. The van der Waals surface area contributed by atoms with Crippen LogP contribution in [-0.4, -0.2) is 42.9 Å². The van der Waals surface area contributed by atoms with E-state index in [1.807, 2.05) is 0 Å². The molecular formula is C23H22N4O4. The zero-order valence-electron chi connectivity index (χ0n) is 16.9. The summed E-state index contributed by atoms with van der Waals surface area (Å²) in [5, 5.41) is 8.22. The highest BCUT2D eigenvalue weighted by Gasteiger charge is 2.10. The molecule has 0 radical (unpaired) electrons. The van der Waals surface area contributed by atoms with E-state index in [9.17, 15) is 14.4 Å². The molecule has 8 heteroatoms. The summed E-state index contributed by atoms with van der Waals surface area (Å²) >= 11 is 0. The average Bonchev–Trinajstić information content (AvgIpc) is 2.82. The van der Waals surface area contributed by atoms with Crippen LogP contribution in [0.3, 0.4) is 0 Å². The molecule has 0 aliphatic heterocycles. The normalized spacial score (nSPS) is 10.1. The summed E-state index contributed by atoms with van der Waals surface area (Å²) in [4.78, 5) is 40.6. The van der Waals surface area contributed by atoms with E-state index in [2.05, 4.69) is 20.9 Å². The van der Waals surface area contributed by atoms with E-state index in [-0.39, 0.29) is 30.8 Å². The molecule has 0 bridgehead atoms. The number of rotatable bonds is 8. The molecule has 0 atom stereocenters. The van der Waals surface area contributed by atoms with Crippen LogP contribution >= 0.6 is 0 Å². The first-order chi connectivity index (χ1) is 15.1. The van der Waals surface area contributed by atoms with Crippen LogP contribution in [0.2, 0.25) is 0 Å². The number of nitrogens with one attached hydrogen (secondary N) is 3. The minimum Gasteiger partial charge on any atom is -0.497 e. The van der Waals surface area contributed by atoms with Gasteiger partial charge in [0.1, 0.15) is 5.75 Å². The Hall–Kier alpha value is -4.20. The molecule has 0 fully saturated rings. The van der Waals surface area contributed by atoms with E-state index in [1.165, 1.54) is 6.20 Å². The fraction of sp³-hybridized carbons (Fsp3) is 0.130. The molecule has 3 N–H and O–H groups in total. The Bertz CT molecular complexity index is 1050. The molecule has 3 aromatic rings. The lowest BCUT2D eigenvalue weighted by molar-refractivity contribution is 0.0927. The summed E-state index contributed by atoms with van der Waals surface area (Å²) in [6, 6.07) is 16.7. The first-order valence-corrected chi connectivity index (χ1v) is 9.59. The van der Waals surface area contributed by atoms with Crippen molar-refractivity contribution in [3.05, 3.63) is 89.7 Å². The monoisotopic (exact) mass is 418 g/mol. The first kappa shape index (κ1) is 21.5. The third kappa shape index (κ3) is 6.14. The maximum absolute atomic E-state index is 12.4. The number of anilines is 1. The average molecular weight is 418 g/mol. The molecule has 0 aliphatic rings. The van der Waals surface area contributed by atoms with E-state index >= 15 is 0 Å². The van der Waals surface area contributed by atoms with Gasteiger partial charge in [-0.2, -0.15) is 0 Å². The lowest BCUT2D eigenvalue weighted by Gasteiger charge is -2.09. The van der Waals surface area contributed by atoms with Crippen LogP contribution in [0.1, 0.15) is 31.1 Å². The minimum absolute atomic E-state index is 0.239. The number of nitrogens with zero attached hydrogens (tertiary/aromatic N) is 1. The smallest absolute Gasteiger partial charge is 0.257 e. The van der Waals surface area contributed by atoms with Crippen LogP contribution in [0.5, 0.6) is 5.75 Å².